The predicted octanol–water partition coefficient (Wildman–Crippen LogP) is 2.39. The van der Waals surface area contributed by atoms with Crippen molar-refractivity contribution in [1.29, 1.82) is 0 Å². The molecule has 3 heterocycles. The Bertz CT molecular complexity index is 829. The van der Waals surface area contributed by atoms with E-state index in [0.717, 1.165) is 45.6 Å². The van der Waals surface area contributed by atoms with Gasteiger partial charge in [0.1, 0.15) is 12.1 Å². The Morgan fingerprint density at radius 2 is 2.07 bits per heavy atom. The first-order chi connectivity index (χ1) is 14.1. The molecule has 1 amide bonds. The lowest BCUT2D eigenvalue weighted by Gasteiger charge is -2.35. The highest BCUT2D eigenvalue weighted by molar-refractivity contribution is 5.91. The van der Waals surface area contributed by atoms with Crippen molar-refractivity contribution in [1.82, 2.24) is 14.8 Å². The van der Waals surface area contributed by atoms with E-state index in [1.807, 2.05) is 12.1 Å². The molecule has 1 atom stereocenters. The highest BCUT2D eigenvalue weighted by atomic mass is 19.1. The Morgan fingerprint density at radius 3 is 2.79 bits per heavy atom. The van der Waals surface area contributed by atoms with Gasteiger partial charge in [-0.2, -0.15) is 0 Å². The fourth-order valence-electron chi connectivity index (χ4n) is 3.90. The van der Waals surface area contributed by atoms with Crippen molar-refractivity contribution in [3.05, 3.63) is 47.9 Å². The van der Waals surface area contributed by atoms with Crippen LogP contribution >= 0.6 is 0 Å². The molecule has 2 aromatic rings. The van der Waals surface area contributed by atoms with Crippen LogP contribution in [0.25, 0.3) is 0 Å². The highest BCUT2D eigenvalue weighted by Gasteiger charge is 2.24. The van der Waals surface area contributed by atoms with Crippen molar-refractivity contribution in [2.24, 2.45) is 0 Å². The quantitative estimate of drug-likeness (QED) is 0.739. The van der Waals surface area contributed by atoms with Crippen LogP contribution in [0.4, 0.5) is 10.1 Å². The van der Waals surface area contributed by atoms with E-state index in [1.54, 1.807) is 18.0 Å². The lowest BCUT2D eigenvalue weighted by atomic mass is 10.2. The maximum Gasteiger partial charge on any atom is 0.275 e. The summed E-state index contributed by atoms with van der Waals surface area (Å²) < 4.78 is 25.1. The maximum atomic E-state index is 14.0. The summed E-state index contributed by atoms with van der Waals surface area (Å²) >= 11 is 0. The summed E-state index contributed by atoms with van der Waals surface area (Å²) in [7, 11) is 1.76. The molecule has 0 spiro atoms. The molecule has 156 valence electrons. The number of rotatable bonds is 6. The predicted molar refractivity (Wildman–Crippen MR) is 106 cm³/mol. The zero-order chi connectivity index (χ0) is 20.2. The average molecular weight is 402 g/mol. The van der Waals surface area contributed by atoms with Crippen molar-refractivity contribution in [3.63, 3.8) is 0 Å². The van der Waals surface area contributed by atoms with E-state index < -0.39 is 0 Å². The molecule has 2 fully saturated rings. The normalized spacial score (nSPS) is 20.2. The van der Waals surface area contributed by atoms with Gasteiger partial charge in [-0.3, -0.25) is 9.69 Å². The Hall–Kier alpha value is -2.45. The smallest absolute Gasteiger partial charge is 0.275 e. The number of likely N-dealkylation sites (N-methyl/N-ethyl adjacent to an activating group) is 1. The molecule has 4 rings (SSSR count). The number of hydrogen-bond acceptors (Lipinski definition) is 6. The number of ether oxygens (including phenoxy) is 1. The second-order valence-corrected chi connectivity index (χ2v) is 7.66. The molecule has 0 unspecified atom stereocenters. The molecule has 2 saturated heterocycles. The number of oxazole rings is 1. The van der Waals surface area contributed by atoms with Gasteiger partial charge in [0.15, 0.2) is 5.69 Å². The van der Waals surface area contributed by atoms with Gasteiger partial charge in [-0.25, -0.2) is 9.37 Å². The molecule has 2 aliphatic heterocycles. The number of anilines is 1. The van der Waals surface area contributed by atoms with Gasteiger partial charge in [0, 0.05) is 46.4 Å². The first kappa shape index (κ1) is 19.8. The summed E-state index contributed by atoms with van der Waals surface area (Å²) in [6, 6.07) is 6.85. The fraction of sp³-hybridized carbons (Fsp3) is 0.524. The molecule has 0 saturated carbocycles. The minimum atomic E-state index is -0.191. The minimum Gasteiger partial charge on any atom is -0.447 e. The largest absolute Gasteiger partial charge is 0.447 e. The van der Waals surface area contributed by atoms with E-state index >= 15 is 0 Å². The number of nitrogens with zero attached hydrogens (tertiary/aromatic N) is 4. The van der Waals surface area contributed by atoms with Crippen LogP contribution in [0.3, 0.4) is 0 Å². The van der Waals surface area contributed by atoms with Crippen LogP contribution in [-0.2, 0) is 11.3 Å². The molecule has 0 N–H and O–H groups in total. The number of para-hydroxylation sites is 1. The summed E-state index contributed by atoms with van der Waals surface area (Å²) in [5.41, 5.74) is 0.968. The third-order valence-corrected chi connectivity index (χ3v) is 5.54. The minimum absolute atomic E-state index is 0.112. The summed E-state index contributed by atoms with van der Waals surface area (Å²) in [4.78, 5) is 22.8. The number of piperazine rings is 1. The number of amides is 1. The molecule has 0 aliphatic carbocycles. The van der Waals surface area contributed by atoms with Crippen LogP contribution in [0.2, 0.25) is 0 Å². The summed E-state index contributed by atoms with van der Waals surface area (Å²) in [6.07, 6.45) is 3.58. The number of halogens is 1. The van der Waals surface area contributed by atoms with Gasteiger partial charge in [0.2, 0.25) is 5.89 Å². The van der Waals surface area contributed by atoms with Crippen LogP contribution in [-0.4, -0.2) is 73.2 Å². The molecule has 0 bridgehead atoms. The molecular formula is C21H27FN4O3. The first-order valence-corrected chi connectivity index (χ1v) is 10.1. The van der Waals surface area contributed by atoms with Gasteiger partial charge < -0.3 is 19.0 Å². The van der Waals surface area contributed by atoms with Gasteiger partial charge in [-0.1, -0.05) is 12.1 Å². The highest BCUT2D eigenvalue weighted by Crippen LogP contribution is 2.21. The number of carbonyl (C=O) groups is 1. The third kappa shape index (κ3) is 4.76. The molecule has 1 aromatic heterocycles. The van der Waals surface area contributed by atoms with E-state index in [9.17, 15) is 9.18 Å². The number of hydrogen-bond donors (Lipinski definition) is 0. The molecule has 1 aromatic carbocycles. The third-order valence-electron chi connectivity index (χ3n) is 5.54. The molecule has 8 heteroatoms. The molecule has 7 nitrogen and oxygen atoms in total. The standard InChI is InChI=1S/C21H27FN4O3/c1-24(13-16-5-4-12-28-16)21(27)18-15-29-20(23-18)14-25-8-10-26(11-9-25)19-7-3-2-6-17(19)22/h2-3,6-7,15-16H,4-5,8-14H2,1H3/t16-/m0/s1. The Labute approximate surface area is 170 Å². The number of aromatic nitrogens is 1. The number of benzene rings is 1. The van der Waals surface area contributed by atoms with Gasteiger partial charge in [-0.05, 0) is 25.0 Å². The maximum absolute atomic E-state index is 14.0. The average Bonchev–Trinajstić information content (AvgIpc) is 3.41. The van der Waals surface area contributed by atoms with Gasteiger partial charge in [0.25, 0.3) is 5.91 Å². The summed E-state index contributed by atoms with van der Waals surface area (Å²) in [5, 5.41) is 0. The summed E-state index contributed by atoms with van der Waals surface area (Å²) in [5.74, 6) is 0.182. The fourth-order valence-corrected chi connectivity index (χ4v) is 3.90. The van der Waals surface area contributed by atoms with Crippen LogP contribution < -0.4 is 4.90 Å². The summed E-state index contributed by atoms with van der Waals surface area (Å²) in [6.45, 7) is 4.89. The van der Waals surface area contributed by atoms with Crippen molar-refractivity contribution in [3.8, 4) is 0 Å². The van der Waals surface area contributed by atoms with Crippen LogP contribution in [0.1, 0.15) is 29.2 Å². The van der Waals surface area contributed by atoms with Crippen molar-refractivity contribution < 1.29 is 18.3 Å². The molecule has 29 heavy (non-hydrogen) atoms. The Kier molecular flexibility index (Phi) is 6.10. The zero-order valence-electron chi connectivity index (χ0n) is 16.7. The second kappa shape index (κ2) is 8.92. The number of carbonyl (C=O) groups excluding carboxylic acids is 1. The Morgan fingerprint density at radius 1 is 1.28 bits per heavy atom. The van der Waals surface area contributed by atoms with Crippen LogP contribution in [0, 0.1) is 5.82 Å². The van der Waals surface area contributed by atoms with Crippen molar-refractivity contribution in [2.45, 2.75) is 25.5 Å². The van der Waals surface area contributed by atoms with E-state index in [0.29, 0.717) is 30.4 Å². The molecule has 0 radical (unpaired) electrons. The van der Waals surface area contributed by atoms with Crippen LogP contribution in [0.5, 0.6) is 0 Å². The molecular weight excluding hydrogens is 375 g/mol. The topological polar surface area (TPSA) is 62.1 Å². The van der Waals surface area contributed by atoms with E-state index in [4.69, 9.17) is 9.15 Å². The van der Waals surface area contributed by atoms with Crippen LogP contribution in [0.15, 0.2) is 34.9 Å². The van der Waals surface area contributed by atoms with Gasteiger partial charge in [0.05, 0.1) is 18.3 Å². The SMILES string of the molecule is CN(C[C@@H]1CCCO1)C(=O)c1coc(CN2CCN(c3ccccc3F)CC2)n1. The van der Waals surface area contributed by atoms with E-state index in [1.165, 1.54) is 12.3 Å². The zero-order valence-corrected chi connectivity index (χ0v) is 16.7. The van der Waals surface area contributed by atoms with E-state index in [2.05, 4.69) is 14.8 Å². The van der Waals surface area contributed by atoms with Crippen molar-refractivity contribution >= 4 is 11.6 Å². The van der Waals surface area contributed by atoms with Gasteiger partial charge in [-0.15, -0.1) is 0 Å². The monoisotopic (exact) mass is 402 g/mol. The van der Waals surface area contributed by atoms with Crippen molar-refractivity contribution in [2.75, 3.05) is 51.3 Å². The second-order valence-electron chi connectivity index (χ2n) is 7.66. The van der Waals surface area contributed by atoms with Gasteiger partial charge >= 0.3 is 0 Å². The van der Waals surface area contributed by atoms with E-state index in [-0.39, 0.29) is 17.8 Å². The lowest BCUT2D eigenvalue weighted by Crippen LogP contribution is -2.46. The lowest BCUT2D eigenvalue weighted by molar-refractivity contribution is 0.0582. The molecule has 2 aliphatic rings. The Balaban J connectivity index is 1.28. The first-order valence-electron chi connectivity index (χ1n) is 10.1.